The van der Waals surface area contributed by atoms with E-state index < -0.39 is 0 Å². The molecule has 0 bridgehead atoms. The van der Waals surface area contributed by atoms with Crippen LogP contribution in [-0.2, 0) is 13.6 Å². The van der Waals surface area contributed by atoms with Gasteiger partial charge in [-0.2, -0.15) is 0 Å². The van der Waals surface area contributed by atoms with Gasteiger partial charge in [0.05, 0.1) is 23.3 Å². The molecule has 0 aliphatic carbocycles. The van der Waals surface area contributed by atoms with Crippen LogP contribution in [0.5, 0.6) is 0 Å². The Morgan fingerprint density at radius 3 is 2.62 bits per heavy atom. The van der Waals surface area contributed by atoms with Crippen molar-refractivity contribution in [2.45, 2.75) is 6.54 Å². The standard InChI is InChI=1S/C16H19N5/c1-20(2)15-10-6-7-12(18-15)11-17-16-19-13-8-4-5-9-14(13)21(16)3/h4-10H,11H2,1-3H3,(H,17,19). The molecular formula is C16H19N5. The van der Waals surface area contributed by atoms with E-state index in [2.05, 4.69) is 25.9 Å². The molecule has 0 atom stereocenters. The highest BCUT2D eigenvalue weighted by molar-refractivity contribution is 5.78. The van der Waals surface area contributed by atoms with E-state index in [-0.39, 0.29) is 0 Å². The molecule has 5 nitrogen and oxygen atoms in total. The van der Waals surface area contributed by atoms with Crippen molar-refractivity contribution in [2.24, 2.45) is 7.05 Å². The topological polar surface area (TPSA) is 46.0 Å². The summed E-state index contributed by atoms with van der Waals surface area (Å²) >= 11 is 0. The van der Waals surface area contributed by atoms with E-state index in [9.17, 15) is 0 Å². The van der Waals surface area contributed by atoms with E-state index >= 15 is 0 Å². The van der Waals surface area contributed by atoms with Gasteiger partial charge in [-0.05, 0) is 24.3 Å². The maximum Gasteiger partial charge on any atom is 0.203 e. The molecule has 0 aliphatic rings. The molecule has 108 valence electrons. The van der Waals surface area contributed by atoms with Crippen molar-refractivity contribution in [3.05, 3.63) is 48.2 Å². The van der Waals surface area contributed by atoms with Gasteiger partial charge in [0.15, 0.2) is 0 Å². The van der Waals surface area contributed by atoms with Gasteiger partial charge in [-0.25, -0.2) is 9.97 Å². The van der Waals surface area contributed by atoms with Crippen LogP contribution in [0.1, 0.15) is 5.69 Å². The Hall–Kier alpha value is -2.56. The quantitative estimate of drug-likeness (QED) is 0.798. The minimum atomic E-state index is 0.652. The molecule has 2 heterocycles. The molecule has 3 aromatic rings. The molecule has 3 rings (SSSR count). The number of hydrogen-bond donors (Lipinski definition) is 1. The number of aryl methyl sites for hydroxylation is 1. The predicted molar refractivity (Wildman–Crippen MR) is 86.6 cm³/mol. The summed E-state index contributed by atoms with van der Waals surface area (Å²) in [4.78, 5) is 11.2. The van der Waals surface area contributed by atoms with Gasteiger partial charge in [0, 0.05) is 21.1 Å². The van der Waals surface area contributed by atoms with Crippen LogP contribution in [0.3, 0.4) is 0 Å². The molecule has 0 spiro atoms. The summed E-state index contributed by atoms with van der Waals surface area (Å²) in [6.45, 7) is 0.652. The van der Waals surface area contributed by atoms with Crippen molar-refractivity contribution < 1.29 is 0 Å². The van der Waals surface area contributed by atoms with Gasteiger partial charge in [-0.3, -0.25) is 0 Å². The smallest absolute Gasteiger partial charge is 0.203 e. The minimum absolute atomic E-state index is 0.652. The number of pyridine rings is 1. The fourth-order valence-electron chi connectivity index (χ4n) is 2.29. The first-order valence-electron chi connectivity index (χ1n) is 6.94. The SMILES string of the molecule is CN(C)c1cccc(CNc2nc3ccccc3n2C)n1. The van der Waals surface area contributed by atoms with Gasteiger partial charge in [-0.1, -0.05) is 18.2 Å². The van der Waals surface area contributed by atoms with Gasteiger partial charge in [0.1, 0.15) is 5.82 Å². The van der Waals surface area contributed by atoms with Crippen LogP contribution in [0, 0.1) is 0 Å². The maximum absolute atomic E-state index is 4.60. The van der Waals surface area contributed by atoms with Crippen molar-refractivity contribution in [2.75, 3.05) is 24.3 Å². The Kier molecular flexibility index (Phi) is 3.48. The third-order valence-corrected chi connectivity index (χ3v) is 3.47. The van der Waals surface area contributed by atoms with Crippen molar-refractivity contribution >= 4 is 22.8 Å². The normalized spacial score (nSPS) is 10.8. The number of anilines is 2. The van der Waals surface area contributed by atoms with E-state index in [0.29, 0.717) is 6.54 Å². The molecule has 1 N–H and O–H groups in total. The summed E-state index contributed by atoms with van der Waals surface area (Å²) < 4.78 is 2.06. The van der Waals surface area contributed by atoms with E-state index in [4.69, 9.17) is 0 Å². The number of para-hydroxylation sites is 2. The molecule has 0 amide bonds. The van der Waals surface area contributed by atoms with Crippen LogP contribution in [-0.4, -0.2) is 28.6 Å². The van der Waals surface area contributed by atoms with Gasteiger partial charge in [0.25, 0.3) is 0 Å². The Morgan fingerprint density at radius 1 is 1.05 bits per heavy atom. The average molecular weight is 281 g/mol. The minimum Gasteiger partial charge on any atom is -0.363 e. The van der Waals surface area contributed by atoms with Crippen LogP contribution in [0.15, 0.2) is 42.5 Å². The van der Waals surface area contributed by atoms with Crippen molar-refractivity contribution in [3.63, 3.8) is 0 Å². The monoisotopic (exact) mass is 281 g/mol. The maximum atomic E-state index is 4.60. The fraction of sp³-hybridized carbons (Fsp3) is 0.250. The number of rotatable bonds is 4. The van der Waals surface area contributed by atoms with Crippen molar-refractivity contribution in [1.29, 1.82) is 0 Å². The Bertz CT molecular complexity index is 760. The van der Waals surface area contributed by atoms with Crippen LogP contribution in [0.2, 0.25) is 0 Å². The molecule has 0 aliphatic heterocycles. The molecule has 0 radical (unpaired) electrons. The number of fused-ring (bicyclic) bond motifs is 1. The Balaban J connectivity index is 1.80. The first kappa shape index (κ1) is 13.4. The fourth-order valence-corrected chi connectivity index (χ4v) is 2.29. The number of aromatic nitrogens is 3. The number of benzene rings is 1. The summed E-state index contributed by atoms with van der Waals surface area (Å²) in [5, 5.41) is 3.36. The van der Waals surface area contributed by atoms with Gasteiger partial charge in [0.2, 0.25) is 5.95 Å². The first-order valence-corrected chi connectivity index (χ1v) is 6.94. The molecule has 1 aromatic carbocycles. The van der Waals surface area contributed by atoms with Gasteiger partial charge < -0.3 is 14.8 Å². The van der Waals surface area contributed by atoms with Crippen LogP contribution >= 0.6 is 0 Å². The number of nitrogens with zero attached hydrogens (tertiary/aromatic N) is 4. The van der Waals surface area contributed by atoms with Crippen molar-refractivity contribution in [3.8, 4) is 0 Å². The Labute approximate surface area is 124 Å². The lowest BCUT2D eigenvalue weighted by atomic mass is 10.3. The second-order valence-corrected chi connectivity index (χ2v) is 5.22. The van der Waals surface area contributed by atoms with Crippen LogP contribution in [0.4, 0.5) is 11.8 Å². The van der Waals surface area contributed by atoms with Crippen LogP contribution in [0.25, 0.3) is 11.0 Å². The zero-order valence-corrected chi connectivity index (χ0v) is 12.5. The number of nitrogens with one attached hydrogen (secondary N) is 1. The first-order chi connectivity index (χ1) is 10.1. The zero-order chi connectivity index (χ0) is 14.8. The molecular weight excluding hydrogens is 262 g/mol. The molecule has 5 heteroatoms. The Morgan fingerprint density at radius 2 is 1.86 bits per heavy atom. The lowest BCUT2D eigenvalue weighted by Crippen LogP contribution is -2.12. The number of hydrogen-bond acceptors (Lipinski definition) is 4. The second-order valence-electron chi connectivity index (χ2n) is 5.22. The van der Waals surface area contributed by atoms with Crippen LogP contribution < -0.4 is 10.2 Å². The van der Waals surface area contributed by atoms with Crippen molar-refractivity contribution in [1.82, 2.24) is 14.5 Å². The molecule has 0 fully saturated rings. The lowest BCUT2D eigenvalue weighted by molar-refractivity contribution is 0.912. The average Bonchev–Trinajstić information content (AvgIpc) is 2.82. The van der Waals surface area contributed by atoms with E-state index in [1.807, 2.05) is 62.4 Å². The summed E-state index contributed by atoms with van der Waals surface area (Å²) in [5.41, 5.74) is 3.11. The highest BCUT2D eigenvalue weighted by Crippen LogP contribution is 2.18. The summed E-state index contributed by atoms with van der Waals surface area (Å²) in [5.74, 6) is 1.81. The van der Waals surface area contributed by atoms with E-state index in [0.717, 1.165) is 28.5 Å². The summed E-state index contributed by atoms with van der Waals surface area (Å²) in [6, 6.07) is 14.1. The van der Waals surface area contributed by atoms with Gasteiger partial charge in [-0.15, -0.1) is 0 Å². The third-order valence-electron chi connectivity index (χ3n) is 3.47. The molecule has 2 aromatic heterocycles. The zero-order valence-electron chi connectivity index (χ0n) is 12.5. The second kappa shape index (κ2) is 5.44. The summed E-state index contributed by atoms with van der Waals surface area (Å²) in [6.07, 6.45) is 0. The molecule has 0 saturated carbocycles. The van der Waals surface area contributed by atoms with Gasteiger partial charge >= 0.3 is 0 Å². The lowest BCUT2D eigenvalue weighted by Gasteiger charge is -2.12. The van der Waals surface area contributed by atoms with E-state index in [1.54, 1.807) is 0 Å². The molecule has 21 heavy (non-hydrogen) atoms. The molecule has 0 unspecified atom stereocenters. The third kappa shape index (κ3) is 2.67. The van der Waals surface area contributed by atoms with E-state index in [1.165, 1.54) is 0 Å². The summed E-state index contributed by atoms with van der Waals surface area (Å²) in [7, 11) is 6.00. The highest BCUT2D eigenvalue weighted by atomic mass is 15.2. The predicted octanol–water partition coefficient (Wildman–Crippen LogP) is 2.65. The molecule has 0 saturated heterocycles. The largest absolute Gasteiger partial charge is 0.363 e. The number of imidazole rings is 1. The highest BCUT2D eigenvalue weighted by Gasteiger charge is 2.07.